The number of thiocarbonyl (C=S) groups is 1. The summed E-state index contributed by atoms with van der Waals surface area (Å²) in [6.07, 6.45) is 3.47. The fourth-order valence-electron chi connectivity index (χ4n) is 1.90. The molecule has 1 rings (SSSR count). The molecule has 18 heavy (non-hydrogen) atoms. The summed E-state index contributed by atoms with van der Waals surface area (Å²) in [7, 11) is 0. The molecule has 0 spiro atoms. The molecular formula is C13H22N4S. The lowest BCUT2D eigenvalue weighted by Gasteiger charge is -2.24. The third-order valence-corrected chi connectivity index (χ3v) is 3.13. The molecule has 0 aliphatic heterocycles. The van der Waals surface area contributed by atoms with E-state index in [0.29, 0.717) is 11.0 Å². The first-order valence-corrected chi connectivity index (χ1v) is 6.72. The Hall–Kier alpha value is -1.20. The molecule has 1 unspecified atom stereocenters. The first-order valence-electron chi connectivity index (χ1n) is 6.31. The number of rotatable bonds is 7. The molecule has 100 valence electrons. The molecule has 3 N–H and O–H groups in total. The van der Waals surface area contributed by atoms with Gasteiger partial charge in [0.2, 0.25) is 0 Å². The van der Waals surface area contributed by atoms with Gasteiger partial charge in [-0.3, -0.25) is 4.98 Å². The molecule has 0 aromatic carbocycles. The van der Waals surface area contributed by atoms with Crippen LogP contribution in [0.15, 0.2) is 18.5 Å². The Kier molecular flexibility index (Phi) is 6.01. The Labute approximate surface area is 115 Å². The maximum atomic E-state index is 5.70. The maximum absolute atomic E-state index is 5.70. The van der Waals surface area contributed by atoms with E-state index >= 15 is 0 Å². The molecule has 1 aromatic rings. The van der Waals surface area contributed by atoms with Crippen molar-refractivity contribution in [2.24, 2.45) is 5.73 Å². The SMILES string of the molecule is CCN(CC)CC(C)Nc1cnccc1C(N)=S. The Morgan fingerprint density at radius 3 is 2.72 bits per heavy atom. The maximum Gasteiger partial charge on any atom is 0.106 e. The second-order valence-electron chi connectivity index (χ2n) is 4.32. The summed E-state index contributed by atoms with van der Waals surface area (Å²) in [5.41, 5.74) is 7.46. The van der Waals surface area contributed by atoms with E-state index < -0.39 is 0 Å². The number of nitrogens with one attached hydrogen (secondary N) is 1. The monoisotopic (exact) mass is 266 g/mol. The number of nitrogens with zero attached hydrogens (tertiary/aromatic N) is 2. The molecule has 0 fully saturated rings. The van der Waals surface area contributed by atoms with Crippen LogP contribution in [-0.4, -0.2) is 40.5 Å². The normalized spacial score (nSPS) is 12.4. The van der Waals surface area contributed by atoms with E-state index in [-0.39, 0.29) is 0 Å². The van der Waals surface area contributed by atoms with Gasteiger partial charge in [0.1, 0.15) is 4.99 Å². The minimum Gasteiger partial charge on any atom is -0.389 e. The average Bonchev–Trinajstić information content (AvgIpc) is 2.36. The third kappa shape index (κ3) is 4.23. The van der Waals surface area contributed by atoms with Crippen molar-refractivity contribution in [3.63, 3.8) is 0 Å². The van der Waals surface area contributed by atoms with Crippen LogP contribution in [0.1, 0.15) is 26.3 Å². The van der Waals surface area contributed by atoms with Crippen molar-refractivity contribution >= 4 is 22.9 Å². The van der Waals surface area contributed by atoms with Gasteiger partial charge in [0.05, 0.1) is 11.9 Å². The number of nitrogens with two attached hydrogens (primary N) is 1. The minimum atomic E-state index is 0.321. The largest absolute Gasteiger partial charge is 0.389 e. The molecule has 0 saturated heterocycles. The highest BCUT2D eigenvalue weighted by Gasteiger charge is 2.10. The van der Waals surface area contributed by atoms with Crippen molar-refractivity contribution < 1.29 is 0 Å². The van der Waals surface area contributed by atoms with Gasteiger partial charge in [0, 0.05) is 24.3 Å². The number of pyridine rings is 1. The van der Waals surface area contributed by atoms with Crippen molar-refractivity contribution in [1.82, 2.24) is 9.88 Å². The zero-order valence-corrected chi connectivity index (χ0v) is 12.1. The summed E-state index contributed by atoms with van der Waals surface area (Å²) >= 11 is 5.04. The van der Waals surface area contributed by atoms with Crippen LogP contribution >= 0.6 is 12.2 Å². The summed E-state index contributed by atoms with van der Waals surface area (Å²) in [5, 5.41) is 3.42. The van der Waals surface area contributed by atoms with Gasteiger partial charge in [0.15, 0.2) is 0 Å². The van der Waals surface area contributed by atoms with Crippen molar-refractivity contribution in [3.05, 3.63) is 24.0 Å². The van der Waals surface area contributed by atoms with Gasteiger partial charge in [-0.1, -0.05) is 26.1 Å². The van der Waals surface area contributed by atoms with Gasteiger partial charge in [-0.05, 0) is 26.1 Å². The Morgan fingerprint density at radius 2 is 2.17 bits per heavy atom. The molecule has 0 amide bonds. The van der Waals surface area contributed by atoms with Crippen LogP contribution in [0, 0.1) is 0 Å². The van der Waals surface area contributed by atoms with E-state index in [4.69, 9.17) is 18.0 Å². The van der Waals surface area contributed by atoms with Crippen LogP contribution in [0.5, 0.6) is 0 Å². The number of anilines is 1. The Balaban J connectivity index is 2.69. The van der Waals surface area contributed by atoms with Crippen molar-refractivity contribution in [3.8, 4) is 0 Å². The quantitative estimate of drug-likeness (QED) is 0.738. The van der Waals surface area contributed by atoms with Gasteiger partial charge in [0.25, 0.3) is 0 Å². The summed E-state index contributed by atoms with van der Waals surface area (Å²) in [6.45, 7) is 9.57. The number of aromatic nitrogens is 1. The summed E-state index contributed by atoms with van der Waals surface area (Å²) in [5.74, 6) is 0. The molecule has 1 aromatic heterocycles. The standard InChI is InChI=1S/C13H22N4S/c1-4-17(5-2)9-10(3)16-12-8-15-7-6-11(12)13(14)18/h6-8,10,16H,4-5,9H2,1-3H3,(H2,14,18). The molecule has 0 bridgehead atoms. The van der Waals surface area contributed by atoms with Crippen LogP contribution < -0.4 is 11.1 Å². The molecule has 0 aliphatic rings. The Bertz CT molecular complexity index is 390. The van der Waals surface area contributed by atoms with Crippen molar-refractivity contribution in [2.75, 3.05) is 25.0 Å². The molecule has 1 heterocycles. The third-order valence-electron chi connectivity index (χ3n) is 2.91. The first-order chi connectivity index (χ1) is 8.58. The highest BCUT2D eigenvalue weighted by atomic mass is 32.1. The predicted octanol–water partition coefficient (Wildman–Crippen LogP) is 1.86. The van der Waals surface area contributed by atoms with Crippen LogP contribution in [0.4, 0.5) is 5.69 Å². The van der Waals surface area contributed by atoms with Crippen LogP contribution in [-0.2, 0) is 0 Å². The molecule has 1 atom stereocenters. The smallest absolute Gasteiger partial charge is 0.106 e. The van der Waals surface area contributed by atoms with Gasteiger partial charge in [-0.2, -0.15) is 0 Å². The van der Waals surface area contributed by atoms with Crippen LogP contribution in [0.25, 0.3) is 0 Å². The molecule has 5 heteroatoms. The van der Waals surface area contributed by atoms with E-state index in [1.807, 2.05) is 6.07 Å². The van der Waals surface area contributed by atoms with E-state index in [1.165, 1.54) is 0 Å². The van der Waals surface area contributed by atoms with Gasteiger partial charge < -0.3 is 16.0 Å². The van der Waals surface area contributed by atoms with Gasteiger partial charge in [-0.25, -0.2) is 0 Å². The molecule has 4 nitrogen and oxygen atoms in total. The molecular weight excluding hydrogens is 244 g/mol. The lowest BCUT2D eigenvalue weighted by atomic mass is 10.2. The number of hydrogen-bond donors (Lipinski definition) is 2. The predicted molar refractivity (Wildman–Crippen MR) is 81.0 cm³/mol. The summed E-state index contributed by atoms with van der Waals surface area (Å²) in [4.78, 5) is 6.88. The highest BCUT2D eigenvalue weighted by molar-refractivity contribution is 7.80. The number of hydrogen-bond acceptors (Lipinski definition) is 4. The fraction of sp³-hybridized carbons (Fsp3) is 0.538. The van der Waals surface area contributed by atoms with Crippen LogP contribution in [0.3, 0.4) is 0 Å². The minimum absolute atomic E-state index is 0.321. The van der Waals surface area contributed by atoms with E-state index in [2.05, 4.69) is 36.0 Å². The topological polar surface area (TPSA) is 54.2 Å². The second kappa shape index (κ2) is 7.28. The summed E-state index contributed by atoms with van der Waals surface area (Å²) < 4.78 is 0. The van der Waals surface area contributed by atoms with Gasteiger partial charge in [-0.15, -0.1) is 0 Å². The highest BCUT2D eigenvalue weighted by Crippen LogP contribution is 2.14. The average molecular weight is 266 g/mol. The lowest BCUT2D eigenvalue weighted by molar-refractivity contribution is 0.295. The number of likely N-dealkylation sites (N-methyl/N-ethyl adjacent to an activating group) is 1. The summed E-state index contributed by atoms with van der Waals surface area (Å²) in [6, 6.07) is 2.16. The van der Waals surface area contributed by atoms with Crippen molar-refractivity contribution in [2.45, 2.75) is 26.8 Å². The van der Waals surface area contributed by atoms with E-state index in [0.717, 1.165) is 30.9 Å². The van der Waals surface area contributed by atoms with E-state index in [9.17, 15) is 0 Å². The lowest BCUT2D eigenvalue weighted by Crippen LogP contribution is -2.35. The zero-order valence-electron chi connectivity index (χ0n) is 11.3. The zero-order chi connectivity index (χ0) is 13.5. The first kappa shape index (κ1) is 14.9. The Morgan fingerprint density at radius 1 is 1.50 bits per heavy atom. The van der Waals surface area contributed by atoms with Crippen LogP contribution in [0.2, 0.25) is 0 Å². The van der Waals surface area contributed by atoms with E-state index in [1.54, 1.807) is 12.4 Å². The van der Waals surface area contributed by atoms with Crippen molar-refractivity contribution in [1.29, 1.82) is 0 Å². The molecule has 0 saturated carbocycles. The molecule has 0 radical (unpaired) electrons. The fourth-order valence-corrected chi connectivity index (χ4v) is 2.08. The second-order valence-corrected chi connectivity index (χ2v) is 4.76. The molecule has 0 aliphatic carbocycles. The van der Waals surface area contributed by atoms with Gasteiger partial charge >= 0.3 is 0 Å².